The predicted octanol–water partition coefficient (Wildman–Crippen LogP) is 3.05. The average Bonchev–Trinajstić information content (AvgIpc) is 2.84. The summed E-state index contributed by atoms with van der Waals surface area (Å²) < 4.78 is 5.28. The van der Waals surface area contributed by atoms with Crippen molar-refractivity contribution in [1.29, 1.82) is 0 Å². The number of carbonyl (C=O) groups excluding carboxylic acids is 3. The Balaban J connectivity index is 1.68. The lowest BCUT2D eigenvalue weighted by Crippen LogP contribution is -2.54. The van der Waals surface area contributed by atoms with E-state index in [0.29, 0.717) is 0 Å². The van der Waals surface area contributed by atoms with Crippen LogP contribution < -0.4 is 16.4 Å². The van der Waals surface area contributed by atoms with Crippen molar-refractivity contribution in [1.82, 2.24) is 10.6 Å². The van der Waals surface area contributed by atoms with Gasteiger partial charge in [-0.15, -0.1) is 0 Å². The average molecular weight is 460 g/mol. The summed E-state index contributed by atoms with van der Waals surface area (Å²) >= 11 is 0. The van der Waals surface area contributed by atoms with E-state index < -0.39 is 30.0 Å². The van der Waals surface area contributed by atoms with Gasteiger partial charge >= 0.3 is 6.09 Å². The van der Waals surface area contributed by atoms with Crippen LogP contribution in [0.5, 0.6) is 0 Å². The van der Waals surface area contributed by atoms with Gasteiger partial charge in [-0.3, -0.25) is 9.59 Å². The molecule has 0 aromatic heterocycles. The number of hydrogen-bond acceptors (Lipinski definition) is 4. The van der Waals surface area contributed by atoms with E-state index in [2.05, 4.69) is 10.6 Å². The fourth-order valence-electron chi connectivity index (χ4n) is 3.42. The topological polar surface area (TPSA) is 111 Å². The third-order valence-corrected chi connectivity index (χ3v) is 5.32. The van der Waals surface area contributed by atoms with Crippen LogP contribution in [0.4, 0.5) is 4.79 Å². The van der Waals surface area contributed by atoms with Crippen molar-refractivity contribution < 1.29 is 19.1 Å². The largest absolute Gasteiger partial charge is 0.445 e. The molecule has 3 rings (SSSR count). The first-order chi connectivity index (χ1) is 16.4. The van der Waals surface area contributed by atoms with Crippen molar-refractivity contribution >= 4 is 17.9 Å². The number of primary amides is 1. The van der Waals surface area contributed by atoms with E-state index in [1.165, 1.54) is 0 Å². The Labute approximate surface area is 199 Å². The van der Waals surface area contributed by atoms with Crippen LogP contribution >= 0.6 is 0 Å². The quantitative estimate of drug-likeness (QED) is 0.433. The fraction of sp³-hybridized carbons (Fsp3) is 0.222. The molecule has 0 fully saturated rings. The van der Waals surface area contributed by atoms with Gasteiger partial charge in [0.2, 0.25) is 11.8 Å². The summed E-state index contributed by atoms with van der Waals surface area (Å²) in [5, 5.41) is 5.32. The molecule has 3 aromatic carbocycles. The van der Waals surface area contributed by atoms with Crippen molar-refractivity contribution in [3.8, 4) is 0 Å². The second kappa shape index (κ2) is 12.2. The molecule has 0 aliphatic heterocycles. The van der Waals surface area contributed by atoms with Crippen LogP contribution in [-0.2, 0) is 33.8 Å². The zero-order valence-electron chi connectivity index (χ0n) is 19.1. The van der Waals surface area contributed by atoms with Gasteiger partial charge in [-0.05, 0) is 23.6 Å². The maximum atomic E-state index is 13.1. The SMILES string of the molecule is Cc1ccc(C[C@H](NC(=O)[C@@H](Cc2ccccc2)NC(=O)OCc2ccccc2)C(N)=O)cc1. The standard InChI is InChI=1S/C27H29N3O4/c1-19-12-14-21(15-13-19)16-23(25(28)31)29-26(32)24(17-20-8-4-2-5-9-20)30-27(33)34-18-22-10-6-3-7-11-22/h2-15,23-24H,16-18H2,1H3,(H2,28,31)(H,29,32)(H,30,33)/t23-,24+/m0/s1. The smallest absolute Gasteiger partial charge is 0.408 e. The van der Waals surface area contributed by atoms with Crippen molar-refractivity contribution in [2.45, 2.75) is 38.5 Å². The van der Waals surface area contributed by atoms with E-state index in [4.69, 9.17) is 10.5 Å². The molecule has 4 N–H and O–H groups in total. The van der Waals surface area contributed by atoms with Gasteiger partial charge in [-0.25, -0.2) is 4.79 Å². The number of rotatable bonds is 10. The van der Waals surface area contributed by atoms with E-state index in [9.17, 15) is 14.4 Å². The van der Waals surface area contributed by atoms with Crippen LogP contribution in [0.2, 0.25) is 0 Å². The lowest BCUT2D eigenvalue weighted by atomic mass is 10.0. The Hall–Kier alpha value is -4.13. The summed E-state index contributed by atoms with van der Waals surface area (Å²) in [5.74, 6) is -1.17. The summed E-state index contributed by atoms with van der Waals surface area (Å²) in [6.07, 6.45) is -0.254. The molecule has 7 heteroatoms. The zero-order valence-corrected chi connectivity index (χ0v) is 19.1. The van der Waals surface area contributed by atoms with Gasteiger partial charge in [-0.1, -0.05) is 90.5 Å². The van der Waals surface area contributed by atoms with Crippen LogP contribution in [-0.4, -0.2) is 30.0 Å². The Morgan fingerprint density at radius 2 is 1.26 bits per heavy atom. The Morgan fingerprint density at radius 3 is 1.85 bits per heavy atom. The second-order valence-corrected chi connectivity index (χ2v) is 8.10. The summed E-state index contributed by atoms with van der Waals surface area (Å²) in [6.45, 7) is 2.04. The molecule has 0 bridgehead atoms. The molecule has 0 aliphatic rings. The summed E-state index contributed by atoms with van der Waals surface area (Å²) in [6, 6.07) is 24.3. The van der Waals surface area contributed by atoms with Crippen LogP contribution in [0.15, 0.2) is 84.9 Å². The van der Waals surface area contributed by atoms with E-state index in [-0.39, 0.29) is 19.4 Å². The van der Waals surface area contributed by atoms with Gasteiger partial charge < -0.3 is 21.1 Å². The highest BCUT2D eigenvalue weighted by atomic mass is 16.5. The monoisotopic (exact) mass is 459 g/mol. The molecule has 0 saturated carbocycles. The Morgan fingerprint density at radius 1 is 0.735 bits per heavy atom. The number of hydrogen-bond donors (Lipinski definition) is 3. The molecule has 0 spiro atoms. The van der Waals surface area contributed by atoms with Gasteiger partial charge in [0.1, 0.15) is 18.7 Å². The minimum Gasteiger partial charge on any atom is -0.445 e. The third-order valence-electron chi connectivity index (χ3n) is 5.32. The number of nitrogens with two attached hydrogens (primary N) is 1. The zero-order chi connectivity index (χ0) is 24.3. The number of alkyl carbamates (subject to hydrolysis) is 1. The molecule has 34 heavy (non-hydrogen) atoms. The number of aryl methyl sites for hydroxylation is 1. The van der Waals surface area contributed by atoms with Crippen LogP contribution in [0.1, 0.15) is 22.3 Å². The minimum absolute atomic E-state index is 0.0731. The van der Waals surface area contributed by atoms with Crippen molar-refractivity contribution in [3.63, 3.8) is 0 Å². The highest BCUT2D eigenvalue weighted by Gasteiger charge is 2.26. The van der Waals surface area contributed by atoms with E-state index >= 15 is 0 Å². The molecule has 3 aromatic rings. The molecule has 0 aliphatic carbocycles. The highest BCUT2D eigenvalue weighted by molar-refractivity contribution is 5.91. The van der Waals surface area contributed by atoms with Crippen molar-refractivity contribution in [2.75, 3.05) is 0 Å². The summed E-state index contributed by atoms with van der Waals surface area (Å²) in [5.41, 5.74) is 9.19. The van der Waals surface area contributed by atoms with Crippen molar-refractivity contribution in [2.24, 2.45) is 5.73 Å². The van der Waals surface area contributed by atoms with Gasteiger partial charge in [0.15, 0.2) is 0 Å². The molecule has 0 unspecified atom stereocenters. The maximum absolute atomic E-state index is 13.1. The van der Waals surface area contributed by atoms with Gasteiger partial charge in [0.25, 0.3) is 0 Å². The van der Waals surface area contributed by atoms with Crippen LogP contribution in [0, 0.1) is 6.92 Å². The molecule has 2 atom stereocenters. The molecule has 0 radical (unpaired) electrons. The normalized spacial score (nSPS) is 12.3. The van der Waals surface area contributed by atoms with Gasteiger partial charge in [-0.2, -0.15) is 0 Å². The first kappa shape index (κ1) is 24.5. The third kappa shape index (κ3) is 7.78. The number of nitrogens with one attached hydrogen (secondary N) is 2. The van der Waals surface area contributed by atoms with E-state index in [1.54, 1.807) is 0 Å². The maximum Gasteiger partial charge on any atom is 0.408 e. The number of amides is 3. The first-order valence-corrected chi connectivity index (χ1v) is 11.1. The number of carbonyl (C=O) groups is 3. The molecule has 3 amide bonds. The van der Waals surface area contributed by atoms with Crippen LogP contribution in [0.3, 0.4) is 0 Å². The summed E-state index contributed by atoms with van der Waals surface area (Å²) in [4.78, 5) is 37.7. The van der Waals surface area contributed by atoms with Gasteiger partial charge in [0.05, 0.1) is 0 Å². The first-order valence-electron chi connectivity index (χ1n) is 11.1. The highest BCUT2D eigenvalue weighted by Crippen LogP contribution is 2.09. The predicted molar refractivity (Wildman–Crippen MR) is 130 cm³/mol. The minimum atomic E-state index is -0.953. The molecule has 0 heterocycles. The molecule has 0 saturated heterocycles. The van der Waals surface area contributed by atoms with Crippen LogP contribution in [0.25, 0.3) is 0 Å². The Bertz CT molecular complexity index is 1090. The molecular weight excluding hydrogens is 430 g/mol. The van der Waals surface area contributed by atoms with E-state index in [1.807, 2.05) is 91.9 Å². The molecular formula is C27H29N3O4. The van der Waals surface area contributed by atoms with Crippen molar-refractivity contribution in [3.05, 3.63) is 107 Å². The van der Waals surface area contributed by atoms with Gasteiger partial charge in [0, 0.05) is 12.8 Å². The number of ether oxygens (including phenoxy) is 1. The number of benzene rings is 3. The molecule has 176 valence electrons. The van der Waals surface area contributed by atoms with E-state index in [0.717, 1.165) is 22.3 Å². The second-order valence-electron chi connectivity index (χ2n) is 8.10. The lowest BCUT2D eigenvalue weighted by Gasteiger charge is -2.22. The molecule has 7 nitrogen and oxygen atoms in total. The fourth-order valence-corrected chi connectivity index (χ4v) is 3.42. The Kier molecular flexibility index (Phi) is 8.80. The summed E-state index contributed by atoms with van der Waals surface area (Å²) in [7, 11) is 0. The lowest BCUT2D eigenvalue weighted by molar-refractivity contribution is -0.128.